The van der Waals surface area contributed by atoms with E-state index in [2.05, 4.69) is 10.6 Å². The van der Waals surface area contributed by atoms with Crippen LogP contribution in [0.15, 0.2) is 48.5 Å². The van der Waals surface area contributed by atoms with E-state index >= 15 is 0 Å². The minimum atomic E-state index is -4.49. The molecule has 0 radical (unpaired) electrons. The minimum absolute atomic E-state index is 0.135. The third-order valence-electron chi connectivity index (χ3n) is 5.57. The van der Waals surface area contributed by atoms with Crippen molar-refractivity contribution in [1.82, 2.24) is 10.2 Å². The number of morpholine rings is 1. The van der Waals surface area contributed by atoms with Gasteiger partial charge >= 0.3 is 6.18 Å². The highest BCUT2D eigenvalue weighted by atomic mass is 19.4. The predicted molar refractivity (Wildman–Crippen MR) is 120 cm³/mol. The van der Waals surface area contributed by atoms with E-state index < -0.39 is 23.6 Å². The lowest BCUT2D eigenvalue weighted by molar-refractivity contribution is -0.138. The maximum atomic E-state index is 13.1. The molecule has 2 amide bonds. The molecule has 10 heteroatoms. The van der Waals surface area contributed by atoms with Gasteiger partial charge in [-0.05, 0) is 48.9 Å². The zero-order valence-electron chi connectivity index (χ0n) is 18.8. The number of phenolic OH excluding ortho intramolecular Hbond substituents is 1. The number of benzene rings is 2. The van der Waals surface area contributed by atoms with Crippen LogP contribution in [-0.2, 0) is 20.5 Å². The average Bonchev–Trinajstić information content (AvgIpc) is 2.82. The number of halogens is 3. The van der Waals surface area contributed by atoms with E-state index in [1.165, 1.54) is 24.3 Å². The van der Waals surface area contributed by atoms with E-state index in [-0.39, 0.29) is 24.1 Å². The van der Waals surface area contributed by atoms with Crippen LogP contribution in [0.25, 0.3) is 0 Å². The minimum Gasteiger partial charge on any atom is -0.508 e. The van der Waals surface area contributed by atoms with Gasteiger partial charge in [-0.25, -0.2) is 0 Å². The molecule has 184 valence electrons. The Morgan fingerprint density at radius 1 is 1.06 bits per heavy atom. The zero-order valence-corrected chi connectivity index (χ0v) is 18.8. The van der Waals surface area contributed by atoms with Crippen molar-refractivity contribution >= 4 is 17.5 Å². The van der Waals surface area contributed by atoms with Crippen molar-refractivity contribution in [2.24, 2.45) is 0 Å². The SMILES string of the molecule is C[C@@H](CNc1ccc(O)cc1)NC(=O)[C@@H](CC(=O)N1CCOCC1)c1ccc(C(F)(F)F)cc1. The summed E-state index contributed by atoms with van der Waals surface area (Å²) in [6.45, 7) is 3.78. The molecular formula is C24H28F3N3O4. The van der Waals surface area contributed by atoms with Gasteiger partial charge in [-0.3, -0.25) is 9.59 Å². The Balaban J connectivity index is 1.70. The van der Waals surface area contributed by atoms with Crippen molar-refractivity contribution in [3.8, 4) is 5.75 Å². The molecule has 1 saturated heterocycles. The van der Waals surface area contributed by atoms with Gasteiger partial charge in [0, 0.05) is 37.8 Å². The third-order valence-corrected chi connectivity index (χ3v) is 5.57. The lowest BCUT2D eigenvalue weighted by atomic mass is 9.92. The highest BCUT2D eigenvalue weighted by molar-refractivity contribution is 5.90. The van der Waals surface area contributed by atoms with Gasteiger partial charge in [-0.15, -0.1) is 0 Å². The molecule has 0 spiro atoms. The summed E-state index contributed by atoms with van der Waals surface area (Å²) in [6.07, 6.45) is -4.65. The smallest absolute Gasteiger partial charge is 0.416 e. The highest BCUT2D eigenvalue weighted by Crippen LogP contribution is 2.31. The van der Waals surface area contributed by atoms with Crippen LogP contribution in [-0.4, -0.2) is 60.7 Å². The van der Waals surface area contributed by atoms with E-state index in [1.807, 2.05) is 0 Å². The van der Waals surface area contributed by atoms with Gasteiger partial charge in [0.05, 0.1) is 24.7 Å². The van der Waals surface area contributed by atoms with Crippen LogP contribution in [0.3, 0.4) is 0 Å². The number of phenols is 1. The van der Waals surface area contributed by atoms with E-state index in [9.17, 15) is 27.9 Å². The Kier molecular flexibility index (Phi) is 8.38. The summed E-state index contributed by atoms with van der Waals surface area (Å²) in [5, 5.41) is 15.3. The van der Waals surface area contributed by atoms with E-state index in [4.69, 9.17) is 4.74 Å². The molecule has 3 N–H and O–H groups in total. The first-order valence-corrected chi connectivity index (χ1v) is 11.0. The molecule has 1 aliphatic rings. The van der Waals surface area contributed by atoms with Crippen molar-refractivity contribution in [2.45, 2.75) is 31.5 Å². The van der Waals surface area contributed by atoms with Crippen LogP contribution in [0.1, 0.15) is 30.4 Å². The summed E-state index contributed by atoms with van der Waals surface area (Å²) < 4.78 is 44.2. The Labute approximate surface area is 195 Å². The van der Waals surface area contributed by atoms with Gasteiger partial charge < -0.3 is 25.4 Å². The number of alkyl halides is 3. The molecule has 2 aromatic carbocycles. The van der Waals surface area contributed by atoms with Crippen molar-refractivity contribution in [3.05, 3.63) is 59.7 Å². The normalized spacial score (nSPS) is 15.9. The van der Waals surface area contributed by atoms with E-state index in [1.54, 1.807) is 24.0 Å². The first-order chi connectivity index (χ1) is 16.1. The van der Waals surface area contributed by atoms with Gasteiger partial charge in [0.2, 0.25) is 11.8 Å². The highest BCUT2D eigenvalue weighted by Gasteiger charge is 2.32. The second kappa shape index (κ2) is 11.2. The second-order valence-corrected chi connectivity index (χ2v) is 8.21. The van der Waals surface area contributed by atoms with Crippen LogP contribution >= 0.6 is 0 Å². The largest absolute Gasteiger partial charge is 0.508 e. The lowest BCUT2D eigenvalue weighted by Gasteiger charge is -2.29. The molecule has 1 fully saturated rings. The molecule has 7 nitrogen and oxygen atoms in total. The number of nitrogens with zero attached hydrogens (tertiary/aromatic N) is 1. The number of ether oxygens (including phenoxy) is 1. The molecule has 1 heterocycles. The summed E-state index contributed by atoms with van der Waals surface area (Å²) in [7, 11) is 0. The molecular weight excluding hydrogens is 451 g/mol. The van der Waals surface area contributed by atoms with Crippen molar-refractivity contribution in [1.29, 1.82) is 0 Å². The number of amides is 2. The first kappa shape index (κ1) is 25.4. The van der Waals surface area contributed by atoms with Gasteiger partial charge in [0.1, 0.15) is 5.75 Å². The Bertz CT molecular complexity index is 959. The molecule has 34 heavy (non-hydrogen) atoms. The standard InChI is InChI=1S/C24H28F3N3O4/c1-16(15-28-19-6-8-20(31)9-7-19)29-23(33)21(14-22(32)30-10-12-34-13-11-30)17-2-4-18(5-3-17)24(25,26)27/h2-9,16,21,28,31H,10-15H2,1H3,(H,29,33)/t16-,21-/m0/s1. The molecule has 0 bridgehead atoms. The average molecular weight is 479 g/mol. The summed E-state index contributed by atoms with van der Waals surface area (Å²) in [5.41, 5.74) is 0.271. The fraction of sp³-hybridized carbons (Fsp3) is 0.417. The number of aromatic hydroxyl groups is 1. The van der Waals surface area contributed by atoms with E-state index in [0.717, 1.165) is 17.8 Å². The van der Waals surface area contributed by atoms with E-state index in [0.29, 0.717) is 38.4 Å². The number of anilines is 1. The van der Waals surface area contributed by atoms with Gasteiger partial charge in [-0.1, -0.05) is 12.1 Å². The third kappa shape index (κ3) is 7.11. The first-order valence-electron chi connectivity index (χ1n) is 11.0. The Morgan fingerprint density at radius 2 is 1.68 bits per heavy atom. The Hall–Kier alpha value is -3.27. The molecule has 2 aromatic rings. The topological polar surface area (TPSA) is 90.9 Å². The fourth-order valence-electron chi connectivity index (χ4n) is 3.63. The fourth-order valence-corrected chi connectivity index (χ4v) is 3.63. The maximum absolute atomic E-state index is 13.1. The number of carbonyl (C=O) groups excluding carboxylic acids is 2. The number of carbonyl (C=O) groups is 2. The number of nitrogens with one attached hydrogen (secondary N) is 2. The molecule has 0 unspecified atom stereocenters. The molecule has 0 saturated carbocycles. The summed E-state index contributed by atoms with van der Waals surface area (Å²) in [4.78, 5) is 27.5. The lowest BCUT2D eigenvalue weighted by Crippen LogP contribution is -2.44. The zero-order chi connectivity index (χ0) is 24.7. The maximum Gasteiger partial charge on any atom is 0.416 e. The summed E-state index contributed by atoms with van der Waals surface area (Å²) in [6, 6.07) is 10.4. The molecule has 0 aromatic heterocycles. The summed E-state index contributed by atoms with van der Waals surface area (Å²) >= 11 is 0. The van der Waals surface area contributed by atoms with Gasteiger partial charge in [-0.2, -0.15) is 13.2 Å². The Morgan fingerprint density at radius 3 is 2.26 bits per heavy atom. The predicted octanol–water partition coefficient (Wildman–Crippen LogP) is 3.36. The van der Waals surface area contributed by atoms with Crippen LogP contribution in [0, 0.1) is 0 Å². The van der Waals surface area contributed by atoms with Crippen LogP contribution < -0.4 is 10.6 Å². The molecule has 0 aliphatic carbocycles. The van der Waals surface area contributed by atoms with Gasteiger partial charge in [0.25, 0.3) is 0 Å². The monoisotopic (exact) mass is 479 g/mol. The quantitative estimate of drug-likeness (QED) is 0.505. The second-order valence-electron chi connectivity index (χ2n) is 8.21. The van der Waals surface area contributed by atoms with Crippen molar-refractivity contribution in [2.75, 3.05) is 38.2 Å². The number of rotatable bonds is 8. The number of hydrogen-bond acceptors (Lipinski definition) is 5. The summed E-state index contributed by atoms with van der Waals surface area (Å²) in [5.74, 6) is -1.50. The molecule has 3 rings (SSSR count). The van der Waals surface area contributed by atoms with Crippen LogP contribution in [0.5, 0.6) is 5.75 Å². The number of hydrogen-bond donors (Lipinski definition) is 3. The van der Waals surface area contributed by atoms with Gasteiger partial charge in [0.15, 0.2) is 0 Å². The van der Waals surface area contributed by atoms with Crippen molar-refractivity contribution in [3.63, 3.8) is 0 Å². The van der Waals surface area contributed by atoms with Crippen LogP contribution in [0.4, 0.5) is 18.9 Å². The van der Waals surface area contributed by atoms with Crippen molar-refractivity contribution < 1.29 is 32.6 Å². The molecule has 1 aliphatic heterocycles. The van der Waals surface area contributed by atoms with Crippen LogP contribution in [0.2, 0.25) is 0 Å². The molecule has 2 atom stereocenters.